The molecule has 6 aromatic heterocycles. The van der Waals surface area contributed by atoms with E-state index in [1.807, 2.05) is 54.6 Å². The van der Waals surface area contributed by atoms with Crippen LogP contribution in [-0.4, -0.2) is 59.7 Å². The average molecular weight is 1540 g/mol. The Morgan fingerprint density at radius 3 is 1.05 bits per heavy atom. The van der Waals surface area contributed by atoms with Crippen molar-refractivity contribution in [3.63, 3.8) is 0 Å². The number of rotatable bonds is 13. The molecule has 0 saturated heterocycles. The van der Waals surface area contributed by atoms with Gasteiger partial charge < -0.3 is 4.57 Å². The van der Waals surface area contributed by atoms with Gasteiger partial charge in [0.15, 0.2) is 34.9 Å². The van der Waals surface area contributed by atoms with Gasteiger partial charge in [-0.15, -0.1) is 0 Å². The molecule has 1 aliphatic heterocycles. The fraction of sp³-hybridized carbons (Fsp3) is 0.00943. The summed E-state index contributed by atoms with van der Waals surface area (Å²) in [6.45, 7) is 0.718. The van der Waals surface area contributed by atoms with Crippen LogP contribution < -0.4 is 10.6 Å². The summed E-state index contributed by atoms with van der Waals surface area (Å²) >= 11 is 1.24. The van der Waals surface area contributed by atoms with Gasteiger partial charge in [-0.2, -0.15) is 8.75 Å². The SMILES string of the molecule is C1=c2ccc3c(-c4ccc(-c5ccc(-c6nc(-c7ccccc7)nc(-c7ccc(-n8c9ccccc9c9ccccc98)cc7)n6)cc5)cc4)nc4ccccc4c3c2=NC1.c1ccc(-c2cccc(-c3nc(-c4ccc(-c5ccc(-c6nc7ccccc7c7c6ccc6nsnc67)cc5)cc4)nc(-c4cccc(-c5ccccc5)c4)n3)c2)cc1. The summed E-state index contributed by atoms with van der Waals surface area (Å²) in [6.07, 6.45) is 2.19. The Bertz CT molecular complexity index is 7680. The molecule has 16 aromatic carbocycles. The molecule has 0 aliphatic carbocycles. The summed E-state index contributed by atoms with van der Waals surface area (Å²) in [5, 5.41) is 11.4. The lowest BCUT2D eigenvalue weighted by Crippen LogP contribution is -2.22. The Morgan fingerprint density at radius 2 is 0.571 bits per heavy atom. The third-order valence-electron chi connectivity index (χ3n) is 22.5. The van der Waals surface area contributed by atoms with E-state index in [-0.39, 0.29) is 0 Å². The number of hydrogen-bond donors (Lipinski definition) is 0. The maximum atomic E-state index is 5.17. The summed E-state index contributed by atoms with van der Waals surface area (Å²) in [5.74, 6) is 3.73. The molecule has 23 rings (SSSR count). The molecule has 0 spiro atoms. The van der Waals surface area contributed by atoms with Gasteiger partial charge in [0.25, 0.3) is 0 Å². The molecule has 0 amide bonds. The summed E-state index contributed by atoms with van der Waals surface area (Å²) in [5.41, 5.74) is 25.6. The van der Waals surface area contributed by atoms with E-state index in [2.05, 4.69) is 347 Å². The molecular weight excluding hydrogens is 1470 g/mol. The number of pyridine rings is 2. The molecule has 0 saturated carbocycles. The fourth-order valence-corrected chi connectivity index (χ4v) is 17.2. The zero-order valence-corrected chi connectivity index (χ0v) is 64.7. The monoisotopic (exact) mass is 1540 g/mol. The average Bonchev–Trinajstić information content (AvgIpc) is 1.67. The molecule has 7 heterocycles. The molecule has 0 atom stereocenters. The number of aromatic nitrogens is 11. The van der Waals surface area contributed by atoms with Gasteiger partial charge in [0.2, 0.25) is 0 Å². The van der Waals surface area contributed by atoms with E-state index in [1.165, 1.54) is 44.1 Å². The van der Waals surface area contributed by atoms with Crippen molar-refractivity contribution in [3.8, 4) is 141 Å². The highest BCUT2D eigenvalue weighted by Crippen LogP contribution is 2.41. The van der Waals surface area contributed by atoms with Crippen LogP contribution in [0.2, 0.25) is 0 Å². The van der Waals surface area contributed by atoms with Crippen molar-refractivity contribution in [2.75, 3.05) is 6.54 Å². The van der Waals surface area contributed by atoms with Gasteiger partial charge in [-0.05, 0) is 123 Å². The minimum atomic E-state index is 0.612. The van der Waals surface area contributed by atoms with E-state index in [1.54, 1.807) is 0 Å². The van der Waals surface area contributed by atoms with E-state index in [4.69, 9.17) is 44.9 Å². The Kier molecular flexibility index (Phi) is 17.5. The van der Waals surface area contributed by atoms with Gasteiger partial charge in [-0.25, -0.2) is 39.9 Å². The molecule has 0 radical (unpaired) electrons. The highest BCUT2D eigenvalue weighted by molar-refractivity contribution is 7.00. The second kappa shape index (κ2) is 29.9. The molecule has 22 aromatic rings. The fourth-order valence-electron chi connectivity index (χ4n) is 16.6. The predicted molar refractivity (Wildman–Crippen MR) is 486 cm³/mol. The summed E-state index contributed by atoms with van der Waals surface area (Å²) in [6, 6.07) is 133. The Labute approximate surface area is 687 Å². The van der Waals surface area contributed by atoms with Gasteiger partial charge in [-0.1, -0.05) is 315 Å². The Hall–Kier alpha value is -15.8. The zero-order chi connectivity index (χ0) is 78.7. The van der Waals surface area contributed by atoms with Crippen LogP contribution in [0.15, 0.2) is 387 Å². The standard InChI is InChI=1S/C54H34N6.C52H32N6S/c1-2-10-38(11-3-1)52-57-53(59-54(58-52)40-26-29-41(30-27-40)60-47-16-8-5-12-42(47)43-13-6-9-17-48(43)60)39-24-20-35(21-25-39)34-18-22-36(23-19-34)50-45-31-28-37-32-33-55-51(37)49(45)44-14-4-7-15-46(44)56-50;1-3-11-33(12-4-1)39-15-9-17-41(31-39)51-54-50(55-52(56-51)42-18-10-16-40(32-42)34-13-5-2-6-14-34)38-27-23-36(24-28-38)35-21-25-37(26-22-35)48-44-29-30-46-49(58-59-57-46)47(44)43-19-7-8-20-45(43)53-48/h1-32H,33H2;1-32H. The van der Waals surface area contributed by atoms with Crippen molar-refractivity contribution in [2.24, 2.45) is 4.99 Å². The number of para-hydroxylation sites is 4. The minimum Gasteiger partial charge on any atom is -0.309 e. The van der Waals surface area contributed by atoms with Crippen molar-refractivity contribution < 1.29 is 0 Å². The van der Waals surface area contributed by atoms with Crippen LogP contribution in [0.1, 0.15) is 0 Å². The Morgan fingerprint density at radius 1 is 0.227 bits per heavy atom. The smallest absolute Gasteiger partial charge is 0.164 e. The van der Waals surface area contributed by atoms with Crippen molar-refractivity contribution in [3.05, 3.63) is 393 Å². The zero-order valence-electron chi connectivity index (χ0n) is 63.9. The third kappa shape index (κ3) is 13.1. The van der Waals surface area contributed by atoms with Crippen LogP contribution in [-0.2, 0) is 0 Å². The number of fused-ring (bicyclic) bond motifs is 13. The largest absolute Gasteiger partial charge is 0.309 e. The molecular formula is C106H66N12S. The molecule has 0 fully saturated rings. The lowest BCUT2D eigenvalue weighted by molar-refractivity contribution is 1.07. The van der Waals surface area contributed by atoms with Crippen molar-refractivity contribution >= 4 is 94.0 Å². The van der Waals surface area contributed by atoms with Gasteiger partial charge in [0, 0.05) is 93.3 Å². The van der Waals surface area contributed by atoms with E-state index < -0.39 is 0 Å². The maximum absolute atomic E-state index is 5.17. The molecule has 1 aliphatic rings. The molecule has 556 valence electrons. The second-order valence-electron chi connectivity index (χ2n) is 29.6. The second-order valence-corrected chi connectivity index (χ2v) is 30.2. The minimum absolute atomic E-state index is 0.612. The van der Waals surface area contributed by atoms with Crippen LogP contribution in [0.25, 0.3) is 223 Å². The van der Waals surface area contributed by atoms with Crippen LogP contribution in [0.3, 0.4) is 0 Å². The first-order valence-corrected chi connectivity index (χ1v) is 40.4. The van der Waals surface area contributed by atoms with Crippen molar-refractivity contribution in [2.45, 2.75) is 0 Å². The van der Waals surface area contributed by atoms with Crippen molar-refractivity contribution in [1.29, 1.82) is 0 Å². The lowest BCUT2D eigenvalue weighted by Gasteiger charge is -2.12. The van der Waals surface area contributed by atoms with E-state index in [0.29, 0.717) is 34.9 Å². The van der Waals surface area contributed by atoms with E-state index in [0.717, 1.165) is 167 Å². The lowest BCUT2D eigenvalue weighted by atomic mass is 9.97. The van der Waals surface area contributed by atoms with Crippen LogP contribution >= 0.6 is 11.7 Å². The highest BCUT2D eigenvalue weighted by atomic mass is 32.1. The summed E-state index contributed by atoms with van der Waals surface area (Å²) < 4.78 is 11.5. The Balaban J connectivity index is 0.000000143. The third-order valence-corrected chi connectivity index (χ3v) is 23.1. The van der Waals surface area contributed by atoms with Crippen LogP contribution in [0.5, 0.6) is 0 Å². The highest BCUT2D eigenvalue weighted by Gasteiger charge is 2.22. The number of benzene rings is 16. The summed E-state index contributed by atoms with van der Waals surface area (Å²) in [4.78, 5) is 45.5. The van der Waals surface area contributed by atoms with E-state index in [9.17, 15) is 0 Å². The molecule has 12 nitrogen and oxygen atoms in total. The topological polar surface area (TPSA) is 146 Å². The molecule has 0 unspecified atom stereocenters. The van der Waals surface area contributed by atoms with Crippen LogP contribution in [0.4, 0.5) is 0 Å². The first-order valence-electron chi connectivity index (χ1n) is 39.7. The number of nitrogens with zero attached hydrogens (tertiary/aromatic N) is 12. The molecule has 119 heavy (non-hydrogen) atoms. The summed E-state index contributed by atoms with van der Waals surface area (Å²) in [7, 11) is 0. The van der Waals surface area contributed by atoms with E-state index >= 15 is 0 Å². The quantitative estimate of drug-likeness (QED) is 0.102. The van der Waals surface area contributed by atoms with Gasteiger partial charge in [0.1, 0.15) is 11.0 Å². The first kappa shape index (κ1) is 69.9. The van der Waals surface area contributed by atoms with Gasteiger partial charge >= 0.3 is 0 Å². The predicted octanol–water partition coefficient (Wildman–Crippen LogP) is 24.7. The van der Waals surface area contributed by atoms with Crippen LogP contribution in [0, 0.1) is 0 Å². The molecule has 0 bridgehead atoms. The first-order chi connectivity index (χ1) is 58.9. The van der Waals surface area contributed by atoms with Crippen molar-refractivity contribution in [1.82, 2.24) is 53.2 Å². The van der Waals surface area contributed by atoms with Gasteiger partial charge in [0.05, 0.1) is 57.1 Å². The maximum Gasteiger partial charge on any atom is 0.164 e. The molecule has 0 N–H and O–H groups in total. The molecule has 13 heteroatoms. The van der Waals surface area contributed by atoms with Gasteiger partial charge in [-0.3, -0.25) is 4.99 Å². The number of hydrogen-bond acceptors (Lipinski definition) is 12. The normalized spacial score (nSPS) is 11.8.